The molecule has 0 atom stereocenters. The topological polar surface area (TPSA) is 0 Å². The predicted octanol–water partition coefficient (Wildman–Crippen LogP) is 4.12. The fraction of sp³-hybridized carbons (Fsp3) is 0.143. The Balaban J connectivity index is 2.28. The lowest BCUT2D eigenvalue weighted by Gasteiger charge is -2.12. The molecule has 0 aliphatic carbocycles. The minimum absolute atomic E-state index is 0.140. The van der Waals surface area contributed by atoms with Crippen LogP contribution in [0.5, 0.6) is 0 Å². The van der Waals surface area contributed by atoms with Crippen molar-refractivity contribution < 1.29 is 8.78 Å². The smallest absolute Gasteiger partial charge is 0.123 e. The molecule has 0 radical (unpaired) electrons. The number of benzene rings is 2. The van der Waals surface area contributed by atoms with Crippen LogP contribution in [0.25, 0.3) is 0 Å². The maximum absolute atomic E-state index is 12.8. The first-order valence-electron chi connectivity index (χ1n) is 5.18. The van der Waals surface area contributed by atoms with Crippen molar-refractivity contribution in [2.75, 3.05) is 0 Å². The average Bonchev–Trinajstić information content (AvgIpc) is 2.30. The molecule has 16 heavy (non-hydrogen) atoms. The second-order valence-electron chi connectivity index (χ2n) is 3.82. The van der Waals surface area contributed by atoms with E-state index in [9.17, 15) is 8.78 Å². The van der Waals surface area contributed by atoms with Crippen molar-refractivity contribution in [1.29, 1.82) is 0 Å². The summed E-state index contributed by atoms with van der Waals surface area (Å²) >= 11 is 0. The SMILES string of the molecule is CC(c1ccc(F)cc1)c1ccc(F)cc1. The molecule has 0 bridgehead atoms. The summed E-state index contributed by atoms with van der Waals surface area (Å²) in [6.45, 7) is 2.01. The molecule has 2 rings (SSSR count). The van der Waals surface area contributed by atoms with Crippen LogP contribution in [0.2, 0.25) is 0 Å². The molecule has 0 aliphatic heterocycles. The van der Waals surface area contributed by atoms with Crippen LogP contribution in [-0.4, -0.2) is 0 Å². The van der Waals surface area contributed by atoms with Crippen molar-refractivity contribution in [2.24, 2.45) is 0 Å². The number of rotatable bonds is 2. The van der Waals surface area contributed by atoms with Gasteiger partial charge in [0.25, 0.3) is 0 Å². The van der Waals surface area contributed by atoms with Gasteiger partial charge < -0.3 is 0 Å². The van der Waals surface area contributed by atoms with Crippen molar-refractivity contribution in [3.63, 3.8) is 0 Å². The molecule has 0 amide bonds. The van der Waals surface area contributed by atoms with Crippen molar-refractivity contribution in [1.82, 2.24) is 0 Å². The molecule has 2 aromatic rings. The first-order chi connectivity index (χ1) is 7.66. The molecular weight excluding hydrogens is 206 g/mol. The van der Waals surface area contributed by atoms with Gasteiger partial charge in [0.1, 0.15) is 11.6 Å². The first-order valence-corrected chi connectivity index (χ1v) is 5.18. The van der Waals surface area contributed by atoms with Crippen molar-refractivity contribution in [2.45, 2.75) is 12.8 Å². The van der Waals surface area contributed by atoms with E-state index in [1.807, 2.05) is 6.92 Å². The highest BCUT2D eigenvalue weighted by atomic mass is 19.1. The Bertz CT molecular complexity index is 412. The fourth-order valence-corrected chi connectivity index (χ4v) is 1.70. The number of hydrogen-bond donors (Lipinski definition) is 0. The van der Waals surface area contributed by atoms with E-state index in [1.54, 1.807) is 24.3 Å². The third kappa shape index (κ3) is 2.27. The summed E-state index contributed by atoms with van der Waals surface area (Å²) in [5, 5.41) is 0. The molecule has 82 valence electrons. The molecule has 0 aromatic heterocycles. The zero-order valence-electron chi connectivity index (χ0n) is 8.95. The zero-order chi connectivity index (χ0) is 11.5. The molecular formula is C14H12F2. The third-order valence-electron chi connectivity index (χ3n) is 2.74. The van der Waals surface area contributed by atoms with E-state index < -0.39 is 0 Å². The quantitative estimate of drug-likeness (QED) is 0.711. The highest BCUT2D eigenvalue weighted by molar-refractivity contribution is 5.31. The monoisotopic (exact) mass is 218 g/mol. The minimum atomic E-state index is -0.241. The molecule has 0 aliphatic rings. The molecule has 2 aromatic carbocycles. The van der Waals surface area contributed by atoms with E-state index in [1.165, 1.54) is 24.3 Å². The van der Waals surface area contributed by atoms with E-state index in [2.05, 4.69) is 0 Å². The number of hydrogen-bond acceptors (Lipinski definition) is 0. The normalized spacial score (nSPS) is 10.8. The van der Waals surface area contributed by atoms with Crippen molar-refractivity contribution in [3.8, 4) is 0 Å². The fourth-order valence-electron chi connectivity index (χ4n) is 1.70. The van der Waals surface area contributed by atoms with Gasteiger partial charge in [0, 0.05) is 5.92 Å². The standard InChI is InChI=1S/C14H12F2/c1-10(11-2-6-13(15)7-3-11)12-4-8-14(16)9-5-12/h2-10H,1H3. The summed E-state index contributed by atoms with van der Waals surface area (Å²) in [5.74, 6) is -0.341. The summed E-state index contributed by atoms with van der Waals surface area (Å²) in [4.78, 5) is 0. The number of halogens is 2. The highest BCUT2D eigenvalue weighted by Crippen LogP contribution is 2.24. The lowest BCUT2D eigenvalue weighted by molar-refractivity contribution is 0.625. The Labute approximate surface area is 93.5 Å². The van der Waals surface area contributed by atoms with E-state index in [-0.39, 0.29) is 17.6 Å². The van der Waals surface area contributed by atoms with Crippen LogP contribution in [0.4, 0.5) is 8.78 Å². The van der Waals surface area contributed by atoms with Crippen LogP contribution in [0.1, 0.15) is 24.0 Å². The Morgan fingerprint density at radius 1 is 0.688 bits per heavy atom. The van der Waals surface area contributed by atoms with Crippen LogP contribution in [0.15, 0.2) is 48.5 Å². The second-order valence-corrected chi connectivity index (χ2v) is 3.82. The Morgan fingerprint density at radius 2 is 1.00 bits per heavy atom. The molecule has 2 heteroatoms. The lowest BCUT2D eigenvalue weighted by atomic mass is 9.93. The van der Waals surface area contributed by atoms with Crippen LogP contribution in [0, 0.1) is 11.6 Å². The molecule has 0 fully saturated rings. The maximum Gasteiger partial charge on any atom is 0.123 e. The van der Waals surface area contributed by atoms with Crippen LogP contribution < -0.4 is 0 Å². The summed E-state index contributed by atoms with van der Waals surface area (Å²) in [5.41, 5.74) is 2.04. The Morgan fingerprint density at radius 3 is 1.31 bits per heavy atom. The molecule has 0 heterocycles. The highest BCUT2D eigenvalue weighted by Gasteiger charge is 2.08. The van der Waals surface area contributed by atoms with Gasteiger partial charge in [-0.1, -0.05) is 31.2 Å². The van der Waals surface area contributed by atoms with Crippen molar-refractivity contribution in [3.05, 3.63) is 71.3 Å². The van der Waals surface area contributed by atoms with Gasteiger partial charge >= 0.3 is 0 Å². The summed E-state index contributed by atoms with van der Waals surface area (Å²) in [6, 6.07) is 12.8. The molecule has 0 nitrogen and oxygen atoms in total. The predicted molar refractivity (Wildman–Crippen MR) is 60.3 cm³/mol. The van der Waals surface area contributed by atoms with E-state index in [0.29, 0.717) is 0 Å². The zero-order valence-corrected chi connectivity index (χ0v) is 8.95. The van der Waals surface area contributed by atoms with Gasteiger partial charge in [-0.05, 0) is 35.4 Å². The van der Waals surface area contributed by atoms with Gasteiger partial charge in [0.2, 0.25) is 0 Å². The van der Waals surface area contributed by atoms with Crippen LogP contribution in [-0.2, 0) is 0 Å². The summed E-state index contributed by atoms with van der Waals surface area (Å²) < 4.78 is 25.5. The Kier molecular flexibility index (Phi) is 3.00. The van der Waals surface area contributed by atoms with Crippen LogP contribution >= 0.6 is 0 Å². The summed E-state index contributed by atoms with van der Waals surface area (Å²) in [6.07, 6.45) is 0. The van der Waals surface area contributed by atoms with Gasteiger partial charge in [0.05, 0.1) is 0 Å². The molecule has 0 saturated heterocycles. The van der Waals surface area contributed by atoms with Crippen molar-refractivity contribution >= 4 is 0 Å². The molecule has 0 saturated carbocycles. The van der Waals surface area contributed by atoms with Gasteiger partial charge in [-0.3, -0.25) is 0 Å². The largest absolute Gasteiger partial charge is 0.207 e. The maximum atomic E-state index is 12.8. The average molecular weight is 218 g/mol. The summed E-state index contributed by atoms with van der Waals surface area (Å²) in [7, 11) is 0. The second kappa shape index (κ2) is 4.44. The lowest BCUT2D eigenvalue weighted by Crippen LogP contribution is -1.96. The molecule has 0 N–H and O–H groups in total. The third-order valence-corrected chi connectivity index (χ3v) is 2.74. The van der Waals surface area contributed by atoms with E-state index >= 15 is 0 Å². The van der Waals surface area contributed by atoms with Crippen LogP contribution in [0.3, 0.4) is 0 Å². The van der Waals surface area contributed by atoms with Gasteiger partial charge in [0.15, 0.2) is 0 Å². The van der Waals surface area contributed by atoms with E-state index in [0.717, 1.165) is 11.1 Å². The van der Waals surface area contributed by atoms with Gasteiger partial charge in [-0.15, -0.1) is 0 Å². The van der Waals surface area contributed by atoms with E-state index in [4.69, 9.17) is 0 Å². The molecule has 0 unspecified atom stereocenters. The first kappa shape index (κ1) is 10.8. The molecule has 0 spiro atoms. The Hall–Kier alpha value is -1.70. The van der Waals surface area contributed by atoms with Gasteiger partial charge in [-0.2, -0.15) is 0 Å². The van der Waals surface area contributed by atoms with Gasteiger partial charge in [-0.25, -0.2) is 8.78 Å². The minimum Gasteiger partial charge on any atom is -0.207 e.